The second-order valence-corrected chi connectivity index (χ2v) is 7.41. The predicted octanol–water partition coefficient (Wildman–Crippen LogP) is 3.93. The van der Waals surface area contributed by atoms with E-state index in [1.807, 2.05) is 51.1 Å². The van der Waals surface area contributed by atoms with Gasteiger partial charge in [-0.2, -0.15) is 0 Å². The van der Waals surface area contributed by atoms with Crippen LogP contribution in [0.5, 0.6) is 0 Å². The predicted molar refractivity (Wildman–Crippen MR) is 97.6 cm³/mol. The molecule has 0 aromatic heterocycles. The summed E-state index contributed by atoms with van der Waals surface area (Å²) in [5.74, 6) is -0.352. The van der Waals surface area contributed by atoms with E-state index < -0.39 is 17.1 Å². The molecule has 1 aliphatic rings. The van der Waals surface area contributed by atoms with Crippen LogP contribution in [-0.4, -0.2) is 29.6 Å². The van der Waals surface area contributed by atoms with Gasteiger partial charge in [0.1, 0.15) is 18.0 Å². The number of rotatable bonds is 4. The van der Waals surface area contributed by atoms with E-state index in [0.29, 0.717) is 5.90 Å². The smallest absolute Gasteiger partial charge is 0.338 e. The van der Waals surface area contributed by atoms with Crippen molar-refractivity contribution >= 4 is 11.9 Å². The van der Waals surface area contributed by atoms with Crippen LogP contribution in [0.1, 0.15) is 31.9 Å². The fourth-order valence-corrected chi connectivity index (χ4v) is 2.76. The molecule has 26 heavy (non-hydrogen) atoms. The van der Waals surface area contributed by atoms with E-state index in [4.69, 9.17) is 9.47 Å². The van der Waals surface area contributed by atoms with Crippen LogP contribution in [-0.2, 0) is 20.7 Å². The zero-order valence-corrected chi connectivity index (χ0v) is 15.2. The molecular weight excluding hydrogens is 333 g/mol. The maximum atomic E-state index is 13.2. The van der Waals surface area contributed by atoms with Gasteiger partial charge >= 0.3 is 5.97 Å². The van der Waals surface area contributed by atoms with Crippen molar-refractivity contribution in [2.24, 2.45) is 4.99 Å². The molecule has 136 valence electrons. The van der Waals surface area contributed by atoms with Gasteiger partial charge in [0, 0.05) is 12.0 Å². The normalized spacial score (nSPS) is 19.6. The largest absolute Gasteiger partial charge is 0.474 e. The summed E-state index contributed by atoms with van der Waals surface area (Å²) in [5, 5.41) is 0. The monoisotopic (exact) mass is 355 g/mol. The molecule has 0 aliphatic carbocycles. The number of carbonyl (C=O) groups excluding carboxylic acids is 1. The Morgan fingerprint density at radius 2 is 1.81 bits per heavy atom. The van der Waals surface area contributed by atoms with E-state index in [-0.39, 0.29) is 18.8 Å². The summed E-state index contributed by atoms with van der Waals surface area (Å²) < 4.78 is 24.6. The highest BCUT2D eigenvalue weighted by atomic mass is 19.1. The number of ether oxygens (including phenoxy) is 2. The summed E-state index contributed by atoms with van der Waals surface area (Å²) in [6, 6.07) is 15.5. The number of esters is 1. The average molecular weight is 355 g/mol. The van der Waals surface area contributed by atoms with Crippen LogP contribution in [0.2, 0.25) is 0 Å². The number of halogens is 1. The van der Waals surface area contributed by atoms with Crippen molar-refractivity contribution < 1.29 is 18.7 Å². The van der Waals surface area contributed by atoms with Crippen LogP contribution in [0.3, 0.4) is 0 Å². The maximum absolute atomic E-state index is 13.2. The number of hydrogen-bond acceptors (Lipinski definition) is 4. The molecule has 0 radical (unpaired) electrons. The number of nitrogens with zero attached hydrogens (tertiary/aromatic N) is 1. The van der Waals surface area contributed by atoms with E-state index in [1.54, 1.807) is 12.1 Å². The van der Waals surface area contributed by atoms with Crippen LogP contribution < -0.4 is 0 Å². The quantitative estimate of drug-likeness (QED) is 0.781. The first-order valence-electron chi connectivity index (χ1n) is 8.53. The lowest BCUT2D eigenvalue weighted by atomic mass is 9.92. The number of carbonyl (C=O) groups is 1. The van der Waals surface area contributed by atoms with E-state index in [0.717, 1.165) is 11.1 Å². The van der Waals surface area contributed by atoms with E-state index >= 15 is 0 Å². The summed E-state index contributed by atoms with van der Waals surface area (Å²) in [6.45, 7) is 5.53. The molecule has 5 heteroatoms. The van der Waals surface area contributed by atoms with Gasteiger partial charge in [-0.25, -0.2) is 14.2 Å². The van der Waals surface area contributed by atoms with E-state index in [9.17, 15) is 9.18 Å². The highest BCUT2D eigenvalue weighted by molar-refractivity contribution is 5.99. The Morgan fingerprint density at radius 1 is 1.15 bits per heavy atom. The van der Waals surface area contributed by atoms with Crippen LogP contribution in [0.15, 0.2) is 59.6 Å². The second kappa shape index (κ2) is 6.90. The third-order valence-electron chi connectivity index (χ3n) is 3.97. The summed E-state index contributed by atoms with van der Waals surface area (Å²) >= 11 is 0. The first-order valence-corrected chi connectivity index (χ1v) is 8.53. The Kier molecular flexibility index (Phi) is 4.81. The van der Waals surface area contributed by atoms with Crippen molar-refractivity contribution in [3.05, 3.63) is 71.5 Å². The third kappa shape index (κ3) is 4.10. The molecule has 0 saturated carbocycles. The average Bonchev–Trinajstić information content (AvgIpc) is 3.02. The summed E-state index contributed by atoms with van der Waals surface area (Å²) in [5.41, 5.74) is -0.232. The molecule has 1 heterocycles. The Morgan fingerprint density at radius 3 is 2.42 bits per heavy atom. The number of benzene rings is 2. The van der Waals surface area contributed by atoms with Crippen molar-refractivity contribution in [3.63, 3.8) is 0 Å². The van der Waals surface area contributed by atoms with Crippen LogP contribution in [0, 0.1) is 5.82 Å². The van der Waals surface area contributed by atoms with Crippen molar-refractivity contribution in [3.8, 4) is 0 Å². The van der Waals surface area contributed by atoms with Crippen molar-refractivity contribution in [2.75, 3.05) is 6.61 Å². The summed E-state index contributed by atoms with van der Waals surface area (Å²) in [4.78, 5) is 17.6. The molecule has 4 nitrogen and oxygen atoms in total. The maximum Gasteiger partial charge on any atom is 0.338 e. The molecule has 3 rings (SSSR count). The van der Waals surface area contributed by atoms with Crippen LogP contribution in [0.25, 0.3) is 0 Å². The molecule has 0 amide bonds. The van der Waals surface area contributed by atoms with Crippen molar-refractivity contribution in [1.29, 1.82) is 0 Å². The number of aliphatic imine (C=N–C) groups is 1. The van der Waals surface area contributed by atoms with Gasteiger partial charge < -0.3 is 9.47 Å². The fourth-order valence-electron chi connectivity index (χ4n) is 2.76. The Hall–Kier alpha value is -2.69. The lowest BCUT2D eigenvalue weighted by Gasteiger charge is -2.28. The zero-order valence-electron chi connectivity index (χ0n) is 15.2. The Bertz CT molecular complexity index is 809. The molecule has 2 aromatic rings. The van der Waals surface area contributed by atoms with Crippen LogP contribution >= 0.6 is 0 Å². The fraction of sp³-hybridized carbons (Fsp3) is 0.333. The molecular formula is C21H22FNO3. The Labute approximate surface area is 152 Å². The molecule has 0 fully saturated rings. The topological polar surface area (TPSA) is 47.9 Å². The van der Waals surface area contributed by atoms with Crippen LogP contribution in [0.4, 0.5) is 4.39 Å². The van der Waals surface area contributed by atoms with Crippen molar-refractivity contribution in [2.45, 2.75) is 38.3 Å². The van der Waals surface area contributed by atoms with Gasteiger partial charge in [0.2, 0.25) is 5.90 Å². The lowest BCUT2D eigenvalue weighted by molar-refractivity contribution is -0.162. The molecule has 1 aliphatic heterocycles. The molecule has 0 bridgehead atoms. The molecule has 0 N–H and O–H groups in total. The second-order valence-electron chi connectivity index (χ2n) is 7.41. The van der Waals surface area contributed by atoms with Gasteiger partial charge in [0.15, 0.2) is 5.54 Å². The molecule has 0 spiro atoms. The first-order chi connectivity index (χ1) is 12.3. The minimum atomic E-state index is -1.18. The standard InChI is InChI=1S/C21H22FNO3/c1-20(2,3)26-19(24)21(13-15-9-11-17(22)12-10-15)14-25-18(23-21)16-7-5-4-6-8-16/h4-12H,13-14H2,1-3H3/t21-/m1/s1. The zero-order chi connectivity index (χ0) is 18.8. The highest BCUT2D eigenvalue weighted by Gasteiger charge is 2.47. The first kappa shape index (κ1) is 18.1. The molecule has 1 atom stereocenters. The Balaban J connectivity index is 1.96. The van der Waals surface area contributed by atoms with Crippen molar-refractivity contribution in [1.82, 2.24) is 0 Å². The number of hydrogen-bond donors (Lipinski definition) is 0. The van der Waals surface area contributed by atoms with E-state index in [1.165, 1.54) is 12.1 Å². The minimum absolute atomic E-state index is 0.0868. The van der Waals surface area contributed by atoms with E-state index in [2.05, 4.69) is 4.99 Å². The van der Waals surface area contributed by atoms with Gasteiger partial charge in [-0.15, -0.1) is 0 Å². The van der Waals surface area contributed by atoms with Gasteiger partial charge in [-0.05, 0) is 50.6 Å². The SMILES string of the molecule is CC(C)(C)OC(=O)[C@@]1(Cc2ccc(F)cc2)COC(c2ccccc2)=N1. The molecule has 2 aromatic carbocycles. The highest BCUT2D eigenvalue weighted by Crippen LogP contribution is 2.29. The van der Waals surface area contributed by atoms with Gasteiger partial charge in [-0.3, -0.25) is 0 Å². The van der Waals surface area contributed by atoms with Gasteiger partial charge in [0.05, 0.1) is 0 Å². The third-order valence-corrected chi connectivity index (χ3v) is 3.97. The molecule has 0 unspecified atom stereocenters. The molecule has 0 saturated heterocycles. The van der Waals surface area contributed by atoms with Gasteiger partial charge in [-0.1, -0.05) is 30.3 Å². The van der Waals surface area contributed by atoms with Gasteiger partial charge in [0.25, 0.3) is 0 Å². The lowest BCUT2D eigenvalue weighted by Crippen LogP contribution is -2.45. The summed E-state index contributed by atoms with van der Waals surface area (Å²) in [7, 11) is 0. The summed E-state index contributed by atoms with van der Waals surface area (Å²) in [6.07, 6.45) is 0.276. The minimum Gasteiger partial charge on any atom is -0.474 e.